The first-order chi connectivity index (χ1) is 8.33. The lowest BCUT2D eigenvalue weighted by atomic mass is 9.52. The van der Waals surface area contributed by atoms with E-state index in [1.165, 1.54) is 22.9 Å². The SMILES string of the molecule is CC(C)NCC1(c2cccc(Br)c2)CC(C)(C)C1. The molecule has 0 heterocycles. The fourth-order valence-corrected chi connectivity index (χ4v) is 3.83. The van der Waals surface area contributed by atoms with Crippen LogP contribution in [0.4, 0.5) is 0 Å². The van der Waals surface area contributed by atoms with E-state index in [1.807, 2.05) is 0 Å². The molecule has 100 valence electrons. The van der Waals surface area contributed by atoms with Gasteiger partial charge < -0.3 is 5.32 Å². The number of benzene rings is 1. The summed E-state index contributed by atoms with van der Waals surface area (Å²) in [6, 6.07) is 9.38. The molecule has 0 amide bonds. The summed E-state index contributed by atoms with van der Waals surface area (Å²) in [6.45, 7) is 10.3. The second-order valence-electron chi connectivity index (χ2n) is 6.84. The first-order valence-electron chi connectivity index (χ1n) is 6.83. The zero-order valence-corrected chi connectivity index (χ0v) is 13.5. The quantitative estimate of drug-likeness (QED) is 0.863. The Morgan fingerprint density at radius 2 is 1.94 bits per heavy atom. The van der Waals surface area contributed by atoms with Gasteiger partial charge in [0.15, 0.2) is 0 Å². The molecule has 2 heteroatoms. The molecule has 1 aromatic rings. The molecular weight excluding hydrogens is 286 g/mol. The van der Waals surface area contributed by atoms with E-state index in [2.05, 4.69) is 73.2 Å². The minimum Gasteiger partial charge on any atom is -0.314 e. The van der Waals surface area contributed by atoms with E-state index >= 15 is 0 Å². The first-order valence-corrected chi connectivity index (χ1v) is 7.62. The number of nitrogens with one attached hydrogen (secondary N) is 1. The molecule has 0 unspecified atom stereocenters. The normalized spacial score (nSPS) is 20.8. The van der Waals surface area contributed by atoms with Gasteiger partial charge in [0, 0.05) is 22.5 Å². The van der Waals surface area contributed by atoms with Crippen LogP contribution in [0.5, 0.6) is 0 Å². The van der Waals surface area contributed by atoms with E-state index in [0.29, 0.717) is 16.9 Å². The third-order valence-corrected chi connectivity index (χ3v) is 4.41. The monoisotopic (exact) mass is 309 g/mol. The van der Waals surface area contributed by atoms with Crippen molar-refractivity contribution in [1.29, 1.82) is 0 Å². The number of hydrogen-bond donors (Lipinski definition) is 1. The number of rotatable bonds is 4. The lowest BCUT2D eigenvalue weighted by Gasteiger charge is -2.54. The maximum atomic E-state index is 3.63. The molecule has 0 saturated heterocycles. The summed E-state index contributed by atoms with van der Waals surface area (Å²) in [4.78, 5) is 0. The molecular formula is C16H24BrN. The molecule has 1 nitrogen and oxygen atoms in total. The van der Waals surface area contributed by atoms with E-state index in [1.54, 1.807) is 0 Å². The summed E-state index contributed by atoms with van der Waals surface area (Å²) in [5.41, 5.74) is 2.29. The van der Waals surface area contributed by atoms with Gasteiger partial charge in [0.2, 0.25) is 0 Å². The summed E-state index contributed by atoms with van der Waals surface area (Å²) in [5.74, 6) is 0. The van der Waals surface area contributed by atoms with Crippen LogP contribution in [0.25, 0.3) is 0 Å². The second kappa shape index (κ2) is 4.97. The molecule has 0 radical (unpaired) electrons. The maximum absolute atomic E-state index is 3.63. The average molecular weight is 310 g/mol. The van der Waals surface area contributed by atoms with Crippen LogP contribution in [0.1, 0.15) is 46.1 Å². The predicted molar refractivity (Wildman–Crippen MR) is 82.0 cm³/mol. The molecule has 0 aliphatic heterocycles. The lowest BCUT2D eigenvalue weighted by Crippen LogP contribution is -2.53. The maximum Gasteiger partial charge on any atom is 0.0178 e. The molecule has 1 aromatic carbocycles. The summed E-state index contributed by atoms with van der Waals surface area (Å²) in [6.07, 6.45) is 2.55. The minimum absolute atomic E-state index is 0.331. The molecule has 0 atom stereocenters. The average Bonchev–Trinajstić information content (AvgIpc) is 2.23. The van der Waals surface area contributed by atoms with Gasteiger partial charge in [0.05, 0.1) is 0 Å². The van der Waals surface area contributed by atoms with Crippen LogP contribution in [0.2, 0.25) is 0 Å². The van der Waals surface area contributed by atoms with E-state index in [-0.39, 0.29) is 0 Å². The van der Waals surface area contributed by atoms with Crippen molar-refractivity contribution in [2.75, 3.05) is 6.54 Å². The highest BCUT2D eigenvalue weighted by molar-refractivity contribution is 9.10. The van der Waals surface area contributed by atoms with Crippen molar-refractivity contribution in [1.82, 2.24) is 5.32 Å². The standard InChI is InChI=1S/C16H24BrN/c1-12(2)18-11-16(9-15(3,4)10-16)13-6-5-7-14(17)8-13/h5-8,12,18H,9-11H2,1-4H3. The van der Waals surface area contributed by atoms with Crippen LogP contribution in [0.3, 0.4) is 0 Å². The van der Waals surface area contributed by atoms with Crippen molar-refractivity contribution < 1.29 is 0 Å². The summed E-state index contributed by atoms with van der Waals surface area (Å²) in [7, 11) is 0. The van der Waals surface area contributed by atoms with Crippen molar-refractivity contribution >= 4 is 15.9 Å². The van der Waals surface area contributed by atoms with Crippen LogP contribution in [-0.2, 0) is 5.41 Å². The van der Waals surface area contributed by atoms with Gasteiger partial charge in [-0.3, -0.25) is 0 Å². The van der Waals surface area contributed by atoms with Crippen molar-refractivity contribution in [3.05, 3.63) is 34.3 Å². The van der Waals surface area contributed by atoms with Crippen LogP contribution in [0.15, 0.2) is 28.7 Å². The molecule has 1 fully saturated rings. The molecule has 2 rings (SSSR count). The van der Waals surface area contributed by atoms with Gasteiger partial charge in [0.1, 0.15) is 0 Å². The highest BCUT2D eigenvalue weighted by Crippen LogP contribution is 2.55. The van der Waals surface area contributed by atoms with Crippen LogP contribution in [0, 0.1) is 5.41 Å². The smallest absolute Gasteiger partial charge is 0.0178 e. The summed E-state index contributed by atoms with van der Waals surface area (Å²) >= 11 is 3.60. The summed E-state index contributed by atoms with van der Waals surface area (Å²) < 4.78 is 1.19. The molecule has 0 spiro atoms. The Morgan fingerprint density at radius 1 is 1.28 bits per heavy atom. The van der Waals surface area contributed by atoms with Gasteiger partial charge in [-0.15, -0.1) is 0 Å². The Bertz CT molecular complexity index is 415. The van der Waals surface area contributed by atoms with Gasteiger partial charge >= 0.3 is 0 Å². The van der Waals surface area contributed by atoms with Gasteiger partial charge in [-0.25, -0.2) is 0 Å². The topological polar surface area (TPSA) is 12.0 Å². The van der Waals surface area contributed by atoms with Crippen LogP contribution < -0.4 is 5.32 Å². The molecule has 0 bridgehead atoms. The second-order valence-corrected chi connectivity index (χ2v) is 7.76. The molecule has 1 saturated carbocycles. The Labute approximate surface area is 119 Å². The van der Waals surface area contributed by atoms with Gasteiger partial charge in [0.25, 0.3) is 0 Å². The van der Waals surface area contributed by atoms with E-state index in [4.69, 9.17) is 0 Å². The highest BCUT2D eigenvalue weighted by atomic mass is 79.9. The predicted octanol–water partition coefficient (Wildman–Crippen LogP) is 4.50. The van der Waals surface area contributed by atoms with E-state index in [9.17, 15) is 0 Å². The Balaban J connectivity index is 2.21. The zero-order chi connectivity index (χ0) is 13.4. The Kier molecular flexibility index (Phi) is 3.89. The Hall–Kier alpha value is -0.340. The zero-order valence-electron chi connectivity index (χ0n) is 11.9. The third kappa shape index (κ3) is 2.97. The van der Waals surface area contributed by atoms with E-state index in [0.717, 1.165) is 6.54 Å². The highest BCUT2D eigenvalue weighted by Gasteiger charge is 2.49. The fourth-order valence-electron chi connectivity index (χ4n) is 3.43. The molecule has 18 heavy (non-hydrogen) atoms. The van der Waals surface area contributed by atoms with Crippen molar-refractivity contribution in [2.45, 2.75) is 52.0 Å². The van der Waals surface area contributed by atoms with Crippen LogP contribution >= 0.6 is 15.9 Å². The number of hydrogen-bond acceptors (Lipinski definition) is 1. The van der Waals surface area contributed by atoms with Gasteiger partial charge in [-0.1, -0.05) is 55.8 Å². The fraction of sp³-hybridized carbons (Fsp3) is 0.625. The van der Waals surface area contributed by atoms with Gasteiger partial charge in [-0.2, -0.15) is 0 Å². The van der Waals surface area contributed by atoms with E-state index < -0.39 is 0 Å². The molecule has 1 aliphatic rings. The third-order valence-electron chi connectivity index (χ3n) is 3.92. The van der Waals surface area contributed by atoms with Crippen LogP contribution in [-0.4, -0.2) is 12.6 Å². The van der Waals surface area contributed by atoms with Crippen molar-refractivity contribution in [3.8, 4) is 0 Å². The minimum atomic E-state index is 0.331. The largest absolute Gasteiger partial charge is 0.314 e. The van der Waals surface area contributed by atoms with Gasteiger partial charge in [-0.05, 0) is 36.0 Å². The molecule has 1 N–H and O–H groups in total. The Morgan fingerprint density at radius 3 is 2.44 bits per heavy atom. The lowest BCUT2D eigenvalue weighted by molar-refractivity contribution is 0.0547. The van der Waals surface area contributed by atoms with Crippen molar-refractivity contribution in [3.63, 3.8) is 0 Å². The first kappa shape index (κ1) is 14.1. The summed E-state index contributed by atoms with van der Waals surface area (Å²) in [5, 5.41) is 3.63. The van der Waals surface area contributed by atoms with Crippen molar-refractivity contribution in [2.24, 2.45) is 5.41 Å². The molecule has 0 aromatic heterocycles. The number of halogens is 1. The molecule has 1 aliphatic carbocycles.